The number of hydrogen-bond acceptors (Lipinski definition) is 4. The van der Waals surface area contributed by atoms with Crippen LogP contribution in [0.3, 0.4) is 0 Å². The molecule has 1 N–H and O–H groups in total. The normalized spacial score (nSPS) is 16.2. The Kier molecular flexibility index (Phi) is 4.41. The summed E-state index contributed by atoms with van der Waals surface area (Å²) in [6.07, 6.45) is 2.41. The van der Waals surface area contributed by atoms with E-state index in [0.717, 1.165) is 17.9 Å². The van der Waals surface area contributed by atoms with Gasteiger partial charge in [-0.2, -0.15) is 11.8 Å². The number of pyridine rings is 1. The molecule has 98 valence electrons. The number of thioether (sulfide) groups is 1. The number of halogens is 1. The van der Waals surface area contributed by atoms with Crippen molar-refractivity contribution in [2.45, 2.75) is 6.42 Å². The van der Waals surface area contributed by atoms with Crippen molar-refractivity contribution in [1.29, 1.82) is 0 Å². The molecule has 6 heteroatoms. The zero-order valence-electron chi connectivity index (χ0n) is 10.3. The highest BCUT2D eigenvalue weighted by atomic mass is 32.2. The van der Waals surface area contributed by atoms with Crippen LogP contribution in [0, 0.1) is 5.82 Å². The van der Waals surface area contributed by atoms with Crippen LogP contribution in [0.2, 0.25) is 0 Å². The molecule has 2 heterocycles. The van der Waals surface area contributed by atoms with Crippen LogP contribution in [-0.4, -0.2) is 47.4 Å². The Morgan fingerprint density at radius 2 is 2.33 bits per heavy atom. The van der Waals surface area contributed by atoms with Crippen LogP contribution in [0.4, 0.5) is 10.2 Å². The molecule has 1 aromatic rings. The summed E-state index contributed by atoms with van der Waals surface area (Å²) in [6.45, 7) is 1.38. The molecule has 0 unspecified atom stereocenters. The van der Waals surface area contributed by atoms with Gasteiger partial charge in [-0.15, -0.1) is 0 Å². The molecule has 1 aromatic heterocycles. The van der Waals surface area contributed by atoms with Gasteiger partial charge in [0.05, 0.1) is 5.56 Å². The van der Waals surface area contributed by atoms with E-state index in [-0.39, 0.29) is 17.3 Å². The van der Waals surface area contributed by atoms with Crippen LogP contribution >= 0.6 is 11.8 Å². The molecule has 1 amide bonds. The van der Waals surface area contributed by atoms with Gasteiger partial charge < -0.3 is 10.2 Å². The minimum Gasteiger partial charge on any atom is -0.371 e. The van der Waals surface area contributed by atoms with Crippen LogP contribution in [0.1, 0.15) is 16.8 Å². The van der Waals surface area contributed by atoms with E-state index < -0.39 is 5.82 Å². The first-order valence-electron chi connectivity index (χ1n) is 5.93. The Hall–Kier alpha value is -1.30. The lowest BCUT2D eigenvalue weighted by atomic mass is 10.2. The maximum Gasteiger partial charge on any atom is 0.257 e. The second kappa shape index (κ2) is 6.04. The van der Waals surface area contributed by atoms with Crippen LogP contribution in [0.15, 0.2) is 12.3 Å². The molecule has 0 bridgehead atoms. The Labute approximate surface area is 110 Å². The maximum absolute atomic E-state index is 14.0. The van der Waals surface area contributed by atoms with E-state index in [2.05, 4.69) is 10.3 Å². The van der Waals surface area contributed by atoms with Gasteiger partial charge in [-0.1, -0.05) is 0 Å². The number of carbonyl (C=O) groups excluding carboxylic acids is 1. The summed E-state index contributed by atoms with van der Waals surface area (Å²) in [6, 6.07) is 1.44. The Balaban J connectivity index is 2.22. The van der Waals surface area contributed by atoms with Crippen molar-refractivity contribution in [3.63, 3.8) is 0 Å². The minimum absolute atomic E-state index is 0.0984. The number of nitrogens with one attached hydrogen (secondary N) is 1. The third-order valence-corrected chi connectivity index (χ3v) is 3.91. The van der Waals surface area contributed by atoms with Gasteiger partial charge in [-0.3, -0.25) is 4.79 Å². The molecule has 0 spiro atoms. The number of amides is 1. The van der Waals surface area contributed by atoms with Crippen molar-refractivity contribution in [3.8, 4) is 0 Å². The molecule has 1 saturated heterocycles. The van der Waals surface area contributed by atoms with Crippen molar-refractivity contribution in [1.82, 2.24) is 9.88 Å². The van der Waals surface area contributed by atoms with Gasteiger partial charge in [0.15, 0.2) is 11.6 Å². The second-order valence-electron chi connectivity index (χ2n) is 4.03. The number of carbonyl (C=O) groups is 1. The fourth-order valence-electron chi connectivity index (χ4n) is 1.90. The molecule has 1 aliphatic rings. The standard InChI is InChI=1S/C12H16FN3OS/c1-14-11-10(13)9(3-4-15-11)12(17)16-5-2-7-18-8-6-16/h3-4H,2,5-8H2,1H3,(H,14,15). The highest BCUT2D eigenvalue weighted by Gasteiger charge is 2.22. The summed E-state index contributed by atoms with van der Waals surface area (Å²) < 4.78 is 14.0. The van der Waals surface area contributed by atoms with Crippen molar-refractivity contribution in [3.05, 3.63) is 23.6 Å². The van der Waals surface area contributed by atoms with Crippen molar-refractivity contribution in [2.24, 2.45) is 0 Å². The van der Waals surface area contributed by atoms with Crippen molar-refractivity contribution in [2.75, 3.05) is 37.0 Å². The first-order valence-corrected chi connectivity index (χ1v) is 7.09. The largest absolute Gasteiger partial charge is 0.371 e. The molecule has 1 fully saturated rings. The van der Waals surface area contributed by atoms with Gasteiger partial charge in [0.25, 0.3) is 5.91 Å². The lowest BCUT2D eigenvalue weighted by molar-refractivity contribution is 0.0764. The van der Waals surface area contributed by atoms with Crippen LogP contribution in [0.5, 0.6) is 0 Å². The smallest absolute Gasteiger partial charge is 0.257 e. The number of hydrogen-bond donors (Lipinski definition) is 1. The van der Waals surface area contributed by atoms with Crippen LogP contribution in [0.25, 0.3) is 0 Å². The van der Waals surface area contributed by atoms with E-state index >= 15 is 0 Å². The number of anilines is 1. The van der Waals surface area contributed by atoms with Gasteiger partial charge in [0.1, 0.15) is 0 Å². The molecule has 0 saturated carbocycles. The lowest BCUT2D eigenvalue weighted by Crippen LogP contribution is -2.33. The fraction of sp³-hybridized carbons (Fsp3) is 0.500. The summed E-state index contributed by atoms with van der Waals surface area (Å²) in [5.74, 6) is 1.28. The highest BCUT2D eigenvalue weighted by molar-refractivity contribution is 7.99. The number of aromatic nitrogens is 1. The van der Waals surface area contributed by atoms with Crippen LogP contribution < -0.4 is 5.32 Å². The van der Waals surface area contributed by atoms with Crippen LogP contribution in [-0.2, 0) is 0 Å². The molecule has 18 heavy (non-hydrogen) atoms. The summed E-state index contributed by atoms with van der Waals surface area (Å²) in [5, 5.41) is 2.64. The maximum atomic E-state index is 14.0. The third-order valence-electron chi connectivity index (χ3n) is 2.87. The van der Waals surface area contributed by atoms with Gasteiger partial charge in [-0.25, -0.2) is 9.37 Å². The predicted molar refractivity (Wildman–Crippen MR) is 71.6 cm³/mol. The van der Waals surface area contributed by atoms with Gasteiger partial charge in [0.2, 0.25) is 0 Å². The van der Waals surface area contributed by atoms with E-state index in [1.165, 1.54) is 12.3 Å². The Morgan fingerprint density at radius 3 is 3.11 bits per heavy atom. The van der Waals surface area contributed by atoms with Crippen molar-refractivity contribution >= 4 is 23.5 Å². The SMILES string of the molecule is CNc1nccc(C(=O)N2CCCSCC2)c1F. The highest BCUT2D eigenvalue weighted by Crippen LogP contribution is 2.18. The second-order valence-corrected chi connectivity index (χ2v) is 5.25. The molecular formula is C12H16FN3OS. The Bertz CT molecular complexity index is 433. The molecular weight excluding hydrogens is 253 g/mol. The van der Waals surface area contributed by atoms with E-state index in [9.17, 15) is 9.18 Å². The van der Waals surface area contributed by atoms with Gasteiger partial charge in [-0.05, 0) is 18.2 Å². The Morgan fingerprint density at radius 1 is 1.50 bits per heavy atom. The lowest BCUT2D eigenvalue weighted by Gasteiger charge is -2.20. The van der Waals surface area contributed by atoms with E-state index in [1.807, 2.05) is 11.8 Å². The topological polar surface area (TPSA) is 45.2 Å². The summed E-state index contributed by atoms with van der Waals surface area (Å²) in [7, 11) is 1.59. The van der Waals surface area contributed by atoms with Crippen molar-refractivity contribution < 1.29 is 9.18 Å². The molecule has 4 nitrogen and oxygen atoms in total. The molecule has 0 radical (unpaired) electrons. The molecule has 0 atom stereocenters. The first-order chi connectivity index (χ1) is 8.74. The average molecular weight is 269 g/mol. The summed E-state index contributed by atoms with van der Waals surface area (Å²) in [4.78, 5) is 17.8. The van der Waals surface area contributed by atoms with Gasteiger partial charge >= 0.3 is 0 Å². The zero-order chi connectivity index (χ0) is 13.0. The van der Waals surface area contributed by atoms with Gasteiger partial charge in [0, 0.05) is 32.1 Å². The first kappa shape index (κ1) is 13.1. The quantitative estimate of drug-likeness (QED) is 0.890. The zero-order valence-corrected chi connectivity index (χ0v) is 11.1. The molecule has 0 aromatic carbocycles. The number of nitrogens with zero attached hydrogens (tertiary/aromatic N) is 2. The number of rotatable bonds is 2. The summed E-state index contributed by atoms with van der Waals surface area (Å²) in [5.41, 5.74) is 0.0984. The van der Waals surface area contributed by atoms with E-state index in [1.54, 1.807) is 11.9 Å². The molecule has 0 aliphatic carbocycles. The van der Waals surface area contributed by atoms with E-state index in [4.69, 9.17) is 0 Å². The summed E-state index contributed by atoms with van der Waals surface area (Å²) >= 11 is 1.83. The molecule has 2 rings (SSSR count). The van der Waals surface area contributed by atoms with E-state index in [0.29, 0.717) is 13.1 Å². The minimum atomic E-state index is -0.568. The average Bonchev–Trinajstić information content (AvgIpc) is 2.67. The third kappa shape index (κ3) is 2.75. The molecule has 1 aliphatic heterocycles. The fourth-order valence-corrected chi connectivity index (χ4v) is 2.79. The monoisotopic (exact) mass is 269 g/mol. The predicted octanol–water partition coefficient (Wildman–Crippen LogP) is 1.84.